The summed E-state index contributed by atoms with van der Waals surface area (Å²) in [5.41, 5.74) is 0.853. The first-order valence-corrected chi connectivity index (χ1v) is 7.05. The average molecular weight is 301 g/mol. The van der Waals surface area contributed by atoms with Crippen molar-refractivity contribution in [2.24, 2.45) is 11.0 Å². The van der Waals surface area contributed by atoms with Crippen LogP contribution in [0.1, 0.15) is 17.6 Å². The van der Waals surface area contributed by atoms with E-state index >= 15 is 0 Å². The van der Waals surface area contributed by atoms with Gasteiger partial charge in [0, 0.05) is 22.7 Å². The predicted octanol–water partition coefficient (Wildman–Crippen LogP) is 1.26. The largest absolute Gasteiger partial charge is 0.480 e. The molecule has 8 heteroatoms. The summed E-state index contributed by atoms with van der Waals surface area (Å²) >= 11 is 5.40. The lowest BCUT2D eigenvalue weighted by Crippen LogP contribution is -2.35. The number of aryl methyl sites for hydroxylation is 1. The first-order valence-electron chi connectivity index (χ1n) is 5.54. The topological polar surface area (TPSA) is 82.9 Å². The highest BCUT2D eigenvalue weighted by Gasteiger charge is 2.21. The van der Waals surface area contributed by atoms with Crippen LogP contribution in [0, 0.1) is 12.8 Å². The number of aliphatic carboxylic acids is 1. The fourth-order valence-corrected chi connectivity index (χ4v) is 1.99. The van der Waals surface area contributed by atoms with E-state index in [-0.39, 0.29) is 5.91 Å². The number of rotatable bonds is 6. The maximum Gasteiger partial charge on any atom is 0.325 e. The van der Waals surface area contributed by atoms with Crippen LogP contribution < -0.4 is 0 Å². The van der Waals surface area contributed by atoms with Gasteiger partial charge in [0.2, 0.25) is 5.91 Å². The van der Waals surface area contributed by atoms with Crippen LogP contribution in [0.15, 0.2) is 10.5 Å². The molecule has 104 valence electrons. The maximum absolute atomic E-state index is 11.9. The van der Waals surface area contributed by atoms with Gasteiger partial charge in [0.1, 0.15) is 11.6 Å². The lowest BCUT2D eigenvalue weighted by molar-refractivity contribution is -0.145. The van der Waals surface area contributed by atoms with Crippen molar-refractivity contribution >= 4 is 42.1 Å². The van der Waals surface area contributed by atoms with E-state index in [0.717, 1.165) is 10.7 Å². The second kappa shape index (κ2) is 7.25. The highest BCUT2D eigenvalue weighted by molar-refractivity contribution is 7.80. The Bertz CT molecular complexity index is 487. The van der Waals surface area contributed by atoms with E-state index < -0.39 is 18.4 Å². The van der Waals surface area contributed by atoms with Gasteiger partial charge in [-0.3, -0.25) is 9.59 Å². The van der Waals surface area contributed by atoms with Crippen LogP contribution >= 0.6 is 24.0 Å². The minimum atomic E-state index is -1.12. The monoisotopic (exact) mass is 301 g/mol. The van der Waals surface area contributed by atoms with Gasteiger partial charge in [-0.2, -0.15) is 17.7 Å². The molecule has 0 spiro atoms. The van der Waals surface area contributed by atoms with E-state index in [9.17, 15) is 9.59 Å². The highest BCUT2D eigenvalue weighted by Crippen LogP contribution is 2.08. The third-order valence-corrected chi connectivity index (χ3v) is 3.62. The number of hydrogen-bond acceptors (Lipinski definition) is 6. The Morgan fingerprint density at radius 2 is 2.37 bits per heavy atom. The molecular weight excluding hydrogens is 286 g/mol. The van der Waals surface area contributed by atoms with E-state index in [2.05, 4.69) is 22.7 Å². The van der Waals surface area contributed by atoms with Crippen molar-refractivity contribution in [1.82, 2.24) is 9.99 Å². The number of nitrogens with zero attached hydrogens (tertiary/aromatic N) is 3. The fraction of sp³-hybridized carbons (Fsp3) is 0.455. The van der Waals surface area contributed by atoms with Crippen molar-refractivity contribution < 1.29 is 14.7 Å². The Balaban J connectivity index is 2.82. The highest BCUT2D eigenvalue weighted by atomic mass is 32.1. The zero-order chi connectivity index (χ0) is 14.4. The van der Waals surface area contributed by atoms with E-state index in [1.807, 2.05) is 12.3 Å². The van der Waals surface area contributed by atoms with Gasteiger partial charge in [0.15, 0.2) is 0 Å². The summed E-state index contributed by atoms with van der Waals surface area (Å²) in [4.78, 5) is 26.8. The quantitative estimate of drug-likeness (QED) is 0.471. The molecule has 0 aliphatic carbocycles. The van der Waals surface area contributed by atoms with Gasteiger partial charge in [0.05, 0.1) is 6.21 Å². The molecule has 0 aromatic carbocycles. The number of thiol groups is 1. The molecule has 0 saturated heterocycles. The van der Waals surface area contributed by atoms with Crippen LogP contribution in [0.3, 0.4) is 0 Å². The van der Waals surface area contributed by atoms with Crippen LogP contribution in [0.4, 0.5) is 0 Å². The average Bonchev–Trinajstić information content (AvgIpc) is 2.78. The van der Waals surface area contributed by atoms with Gasteiger partial charge in [-0.1, -0.05) is 6.92 Å². The van der Waals surface area contributed by atoms with Crippen LogP contribution in [0.25, 0.3) is 0 Å². The number of carboxylic acids is 1. The minimum Gasteiger partial charge on any atom is -0.480 e. The molecule has 0 aliphatic heterocycles. The summed E-state index contributed by atoms with van der Waals surface area (Å²) in [5, 5.41) is 16.1. The zero-order valence-electron chi connectivity index (χ0n) is 10.6. The Morgan fingerprint density at radius 1 is 1.68 bits per heavy atom. The molecule has 1 amide bonds. The van der Waals surface area contributed by atoms with Gasteiger partial charge in [-0.25, -0.2) is 9.99 Å². The van der Waals surface area contributed by atoms with Crippen molar-refractivity contribution in [2.45, 2.75) is 13.8 Å². The molecule has 19 heavy (non-hydrogen) atoms. The first kappa shape index (κ1) is 15.6. The van der Waals surface area contributed by atoms with Crippen LogP contribution in [-0.2, 0) is 9.59 Å². The molecule has 0 saturated carbocycles. The van der Waals surface area contributed by atoms with Gasteiger partial charge >= 0.3 is 5.97 Å². The molecule has 1 unspecified atom stereocenters. The molecule has 1 atom stereocenters. The number of hydrazone groups is 1. The Hall–Kier alpha value is -1.41. The second-order valence-electron chi connectivity index (χ2n) is 3.94. The number of amides is 1. The lowest BCUT2D eigenvalue weighted by Gasteiger charge is -2.17. The summed E-state index contributed by atoms with van der Waals surface area (Å²) in [6.45, 7) is 3.04. The summed E-state index contributed by atoms with van der Waals surface area (Å²) < 4.78 is 0. The Kier molecular flexibility index (Phi) is 5.97. The Morgan fingerprint density at radius 3 is 2.84 bits per heavy atom. The summed E-state index contributed by atoms with van der Waals surface area (Å²) in [5.74, 6) is -1.55. The maximum atomic E-state index is 11.9. The number of carbonyl (C=O) groups is 2. The molecule has 0 bridgehead atoms. The lowest BCUT2D eigenvalue weighted by atomic mass is 10.2. The predicted molar refractivity (Wildman–Crippen MR) is 76.8 cm³/mol. The van der Waals surface area contributed by atoms with Crippen molar-refractivity contribution in [3.63, 3.8) is 0 Å². The van der Waals surface area contributed by atoms with Crippen molar-refractivity contribution in [3.05, 3.63) is 16.1 Å². The van der Waals surface area contributed by atoms with Gasteiger partial charge in [-0.15, -0.1) is 11.3 Å². The molecule has 6 nitrogen and oxygen atoms in total. The van der Waals surface area contributed by atoms with Crippen LogP contribution in [0.2, 0.25) is 0 Å². The van der Waals surface area contributed by atoms with E-state index in [1.54, 1.807) is 6.92 Å². The molecule has 1 aromatic rings. The number of hydrogen-bond donors (Lipinski definition) is 2. The second-order valence-corrected chi connectivity index (χ2v) is 5.20. The van der Waals surface area contributed by atoms with Crippen molar-refractivity contribution in [1.29, 1.82) is 0 Å². The van der Waals surface area contributed by atoms with Gasteiger partial charge in [-0.05, 0) is 6.92 Å². The Labute approximate surface area is 120 Å². The standard InChI is InChI=1S/C11H15N3O3S2/c1-7(5-18)11(17)14(4-10(15)16)12-3-9-13-8(2)6-19-9/h3,6-7,18H,4-5H2,1-2H3,(H,15,16). The molecule has 1 N–H and O–H groups in total. The minimum absolute atomic E-state index is 0.334. The molecule has 1 heterocycles. The molecule has 0 aliphatic rings. The molecule has 1 aromatic heterocycles. The van der Waals surface area contributed by atoms with Crippen molar-refractivity contribution in [3.8, 4) is 0 Å². The van der Waals surface area contributed by atoms with E-state index in [0.29, 0.717) is 10.8 Å². The summed E-state index contributed by atoms with van der Waals surface area (Å²) in [6.07, 6.45) is 1.39. The van der Waals surface area contributed by atoms with Gasteiger partial charge < -0.3 is 5.11 Å². The summed E-state index contributed by atoms with van der Waals surface area (Å²) in [6, 6.07) is 0. The van der Waals surface area contributed by atoms with Crippen LogP contribution in [0.5, 0.6) is 0 Å². The number of aromatic nitrogens is 1. The molecule has 1 rings (SSSR count). The van der Waals surface area contributed by atoms with Crippen LogP contribution in [-0.4, -0.2) is 45.5 Å². The fourth-order valence-electron chi connectivity index (χ4n) is 1.19. The zero-order valence-corrected chi connectivity index (χ0v) is 12.3. The number of carboxylic acid groups (broad SMARTS) is 1. The molecular formula is C11H15N3O3S2. The SMILES string of the molecule is Cc1csc(C=NN(CC(=O)O)C(=O)C(C)CS)n1. The number of carbonyl (C=O) groups excluding carboxylic acids is 1. The third-order valence-electron chi connectivity index (χ3n) is 2.18. The van der Waals surface area contributed by atoms with Gasteiger partial charge in [0.25, 0.3) is 0 Å². The smallest absolute Gasteiger partial charge is 0.325 e. The molecule has 0 radical (unpaired) electrons. The first-order chi connectivity index (χ1) is 8.93. The van der Waals surface area contributed by atoms with Crippen molar-refractivity contribution in [2.75, 3.05) is 12.3 Å². The van der Waals surface area contributed by atoms with E-state index in [4.69, 9.17) is 5.11 Å². The third kappa shape index (κ3) is 4.99. The summed E-state index contributed by atoms with van der Waals surface area (Å²) in [7, 11) is 0. The van der Waals surface area contributed by atoms with E-state index in [1.165, 1.54) is 17.6 Å². The number of thiazole rings is 1. The molecule has 0 fully saturated rings. The normalized spacial score (nSPS) is 12.6.